The van der Waals surface area contributed by atoms with Crippen molar-refractivity contribution in [2.45, 2.75) is 87.9 Å². The molecule has 1 saturated carbocycles. The SMILES string of the molecule is C=C1CCC(N2C(=O)c3cccc(NC4CC(N5CCC(C)(c6ccc(NC7=C(C(N)=O)NCC(N8CCC[C@H](N9CCN(C)C9=O)C8)=N7)cc6)CC5)C4)c3C2=O)C(=O)N1. The fourth-order valence-electron chi connectivity index (χ4n) is 10.1. The standard InChI is InChI=1S/C44H55N11O5/c1-26-9-14-34(40(57)47-26)55-41(58)32-7-4-8-33(36(32)42(55)59)48-29-22-31(23-29)52-18-15-44(2,16-19-52)27-10-12-28(13-11-27)49-39-37(38(45)56)46-24-35(50-39)53-17-5-6-30(25-53)54-21-20-51(3)43(54)60/h4,7-8,10-13,29-31,34,46,48-49H,1,5-6,9,14-25H2,2-3H3,(H2,45,56)(H,47,57)/t29?,30-,31?,34?/m0/s1. The molecule has 0 spiro atoms. The predicted octanol–water partition coefficient (Wildman–Crippen LogP) is 2.97. The molecule has 16 nitrogen and oxygen atoms in total. The lowest BCUT2D eigenvalue weighted by Gasteiger charge is -2.48. The molecule has 0 bridgehead atoms. The van der Waals surface area contributed by atoms with E-state index >= 15 is 0 Å². The van der Waals surface area contributed by atoms with Gasteiger partial charge in [-0.25, -0.2) is 9.79 Å². The van der Waals surface area contributed by atoms with Crippen molar-refractivity contribution in [1.82, 2.24) is 35.1 Å². The molecule has 9 rings (SSSR count). The fraction of sp³-hybridized carbons (Fsp3) is 0.500. The van der Waals surface area contributed by atoms with Crippen molar-refractivity contribution < 1.29 is 24.0 Å². The number of rotatable bonds is 9. The second-order valence-corrected chi connectivity index (χ2v) is 17.7. The lowest BCUT2D eigenvalue weighted by molar-refractivity contribution is -0.125. The average molecular weight is 818 g/mol. The first-order valence-corrected chi connectivity index (χ1v) is 21.4. The number of likely N-dealkylation sites (N-methyl/N-ethyl adjacent to an activating group) is 1. The quantitative estimate of drug-likeness (QED) is 0.236. The zero-order valence-corrected chi connectivity index (χ0v) is 34.5. The summed E-state index contributed by atoms with van der Waals surface area (Å²) in [6.45, 7) is 11.5. The van der Waals surface area contributed by atoms with Crippen molar-refractivity contribution >= 4 is 46.9 Å². The molecular weight excluding hydrogens is 763 g/mol. The number of nitrogens with two attached hydrogens (primary N) is 1. The van der Waals surface area contributed by atoms with E-state index in [0.717, 1.165) is 87.7 Å². The molecule has 6 aliphatic heterocycles. The van der Waals surface area contributed by atoms with Gasteiger partial charge in [-0.05, 0) is 99.7 Å². The molecule has 4 saturated heterocycles. The molecule has 1 aliphatic carbocycles. The van der Waals surface area contributed by atoms with Gasteiger partial charge in [0.15, 0.2) is 5.82 Å². The Morgan fingerprint density at radius 2 is 1.72 bits per heavy atom. The van der Waals surface area contributed by atoms with Crippen LogP contribution in [-0.2, 0) is 15.0 Å². The molecule has 6 N–H and O–H groups in total. The number of allylic oxidation sites excluding steroid dienone is 1. The normalized spacial score (nSPS) is 27.0. The van der Waals surface area contributed by atoms with Crippen molar-refractivity contribution in [3.63, 3.8) is 0 Å². The van der Waals surface area contributed by atoms with E-state index in [4.69, 9.17) is 10.7 Å². The first kappa shape index (κ1) is 39.6. The average Bonchev–Trinajstić information content (AvgIpc) is 3.70. The maximum Gasteiger partial charge on any atom is 0.320 e. The summed E-state index contributed by atoms with van der Waals surface area (Å²) in [5.41, 5.74) is 10.1. The summed E-state index contributed by atoms with van der Waals surface area (Å²) in [7, 11) is 1.84. The number of carbonyl (C=O) groups is 5. The van der Waals surface area contributed by atoms with Gasteiger partial charge in [0.1, 0.15) is 17.6 Å². The molecule has 16 heteroatoms. The number of hydrogen-bond donors (Lipinski definition) is 5. The van der Waals surface area contributed by atoms with Crippen LogP contribution >= 0.6 is 0 Å². The minimum Gasteiger partial charge on any atom is -0.382 e. The number of imide groups is 1. The van der Waals surface area contributed by atoms with Gasteiger partial charge >= 0.3 is 6.03 Å². The first-order valence-electron chi connectivity index (χ1n) is 21.4. The van der Waals surface area contributed by atoms with Crippen LogP contribution in [0.4, 0.5) is 16.2 Å². The van der Waals surface area contributed by atoms with Gasteiger partial charge < -0.3 is 46.6 Å². The minimum atomic E-state index is -0.836. The van der Waals surface area contributed by atoms with Gasteiger partial charge in [0, 0.05) is 62.4 Å². The smallest absolute Gasteiger partial charge is 0.320 e. The van der Waals surface area contributed by atoms with Crippen LogP contribution in [0.5, 0.6) is 0 Å². The van der Waals surface area contributed by atoms with Crippen molar-refractivity contribution in [2.24, 2.45) is 10.7 Å². The van der Waals surface area contributed by atoms with E-state index in [2.05, 4.69) is 56.7 Å². The van der Waals surface area contributed by atoms with Crippen LogP contribution < -0.4 is 27.0 Å². The molecule has 6 heterocycles. The number of nitrogens with one attached hydrogen (secondary N) is 4. The van der Waals surface area contributed by atoms with Gasteiger partial charge in [0.25, 0.3) is 17.7 Å². The highest BCUT2D eigenvalue weighted by Crippen LogP contribution is 2.40. The third kappa shape index (κ3) is 7.24. The van der Waals surface area contributed by atoms with E-state index in [1.165, 1.54) is 5.56 Å². The van der Waals surface area contributed by atoms with Gasteiger partial charge in [0.05, 0.1) is 23.7 Å². The zero-order chi connectivity index (χ0) is 41.9. The highest BCUT2D eigenvalue weighted by Gasteiger charge is 2.46. The third-order valence-corrected chi connectivity index (χ3v) is 13.9. The zero-order valence-electron chi connectivity index (χ0n) is 34.5. The monoisotopic (exact) mass is 817 g/mol. The summed E-state index contributed by atoms with van der Waals surface area (Å²) in [5, 5.41) is 12.8. The number of fused-ring (bicyclic) bond motifs is 1. The Kier molecular flexibility index (Phi) is 10.3. The lowest BCUT2D eigenvalue weighted by Crippen LogP contribution is -2.54. The van der Waals surface area contributed by atoms with Crippen LogP contribution in [0.2, 0.25) is 0 Å². The van der Waals surface area contributed by atoms with E-state index in [-0.39, 0.29) is 35.1 Å². The molecule has 0 radical (unpaired) electrons. The van der Waals surface area contributed by atoms with E-state index in [0.29, 0.717) is 60.3 Å². The summed E-state index contributed by atoms with van der Waals surface area (Å²) in [6.07, 6.45) is 6.71. The molecule has 0 aromatic heterocycles. The third-order valence-electron chi connectivity index (χ3n) is 13.9. The number of likely N-dealkylation sites (tertiary alicyclic amines) is 2. The molecule has 2 aromatic carbocycles. The van der Waals surface area contributed by atoms with E-state index < -0.39 is 23.8 Å². The van der Waals surface area contributed by atoms with Gasteiger partial charge in [-0.2, -0.15) is 0 Å². The molecule has 1 unspecified atom stereocenters. The van der Waals surface area contributed by atoms with Gasteiger partial charge in [-0.15, -0.1) is 0 Å². The summed E-state index contributed by atoms with van der Waals surface area (Å²) in [4.78, 5) is 79.4. The number of benzene rings is 2. The number of hydrogen-bond acceptors (Lipinski definition) is 11. The number of nitrogens with zero attached hydrogens (tertiary/aromatic N) is 6. The highest BCUT2D eigenvalue weighted by atomic mass is 16.2. The highest BCUT2D eigenvalue weighted by molar-refractivity contribution is 6.25. The molecule has 6 amide bonds. The van der Waals surface area contributed by atoms with Crippen LogP contribution in [0.1, 0.15) is 84.6 Å². The molecule has 2 atom stereocenters. The second kappa shape index (κ2) is 15.6. The minimum absolute atomic E-state index is 0.00791. The number of carbonyl (C=O) groups excluding carboxylic acids is 5. The van der Waals surface area contributed by atoms with Crippen molar-refractivity contribution in [3.8, 4) is 0 Å². The Morgan fingerprint density at radius 1 is 0.950 bits per heavy atom. The van der Waals surface area contributed by atoms with Gasteiger partial charge in [-0.1, -0.05) is 31.7 Å². The van der Waals surface area contributed by atoms with Crippen LogP contribution in [-0.4, -0.2) is 137 Å². The first-order chi connectivity index (χ1) is 28.9. The summed E-state index contributed by atoms with van der Waals surface area (Å²) in [6, 6.07) is 13.7. The Hall–Kier alpha value is -5.90. The van der Waals surface area contributed by atoms with Crippen LogP contribution in [0.25, 0.3) is 0 Å². The summed E-state index contributed by atoms with van der Waals surface area (Å²) < 4.78 is 0. The Morgan fingerprint density at radius 3 is 2.42 bits per heavy atom. The summed E-state index contributed by atoms with van der Waals surface area (Å²) in [5.74, 6) is -0.581. The van der Waals surface area contributed by atoms with Crippen molar-refractivity contribution in [1.29, 1.82) is 0 Å². The molecule has 7 aliphatic rings. The number of aliphatic imine (C=N–C) groups is 1. The van der Waals surface area contributed by atoms with E-state index in [1.807, 2.05) is 30.1 Å². The molecular formula is C44H55N11O5. The summed E-state index contributed by atoms with van der Waals surface area (Å²) >= 11 is 0. The Balaban J connectivity index is 0.786. The number of anilines is 2. The number of amidine groups is 1. The maximum absolute atomic E-state index is 13.6. The van der Waals surface area contributed by atoms with Gasteiger partial charge in [-0.3, -0.25) is 24.1 Å². The Labute approximate surface area is 350 Å². The second-order valence-electron chi connectivity index (χ2n) is 17.7. The fourth-order valence-corrected chi connectivity index (χ4v) is 10.1. The van der Waals surface area contributed by atoms with E-state index in [9.17, 15) is 24.0 Å². The number of amides is 6. The number of urea groups is 1. The van der Waals surface area contributed by atoms with Gasteiger partial charge in [0.2, 0.25) is 5.91 Å². The largest absolute Gasteiger partial charge is 0.382 e. The molecule has 60 heavy (non-hydrogen) atoms. The maximum atomic E-state index is 13.6. The van der Waals surface area contributed by atoms with E-state index in [1.54, 1.807) is 17.0 Å². The topological polar surface area (TPSA) is 188 Å². The molecule has 5 fully saturated rings. The predicted molar refractivity (Wildman–Crippen MR) is 227 cm³/mol. The van der Waals surface area contributed by atoms with Crippen molar-refractivity contribution in [3.05, 3.63) is 82.9 Å². The van der Waals surface area contributed by atoms with Crippen LogP contribution in [0, 0.1) is 0 Å². The number of primary amides is 1. The van der Waals surface area contributed by atoms with Crippen LogP contribution in [0.15, 0.2) is 71.3 Å². The lowest BCUT2D eigenvalue weighted by atomic mass is 9.73. The number of piperidine rings is 3. The molecule has 316 valence electrons. The Bertz CT molecular complexity index is 2190. The van der Waals surface area contributed by atoms with Crippen molar-refractivity contribution in [2.75, 3.05) is 63.5 Å². The molecule has 2 aromatic rings. The van der Waals surface area contributed by atoms with Crippen LogP contribution in [0.3, 0.4) is 0 Å².